The SMILES string of the molecule is CC(C)CC(C)N1CC(=O)NC(C(C)C)C1=O. The van der Waals surface area contributed by atoms with Crippen LogP contribution in [0, 0.1) is 11.8 Å². The fraction of sp³-hybridized carbons (Fsp3) is 0.846. The highest BCUT2D eigenvalue weighted by molar-refractivity contribution is 5.95. The van der Waals surface area contributed by atoms with Gasteiger partial charge < -0.3 is 10.2 Å². The zero-order chi connectivity index (χ0) is 13.2. The van der Waals surface area contributed by atoms with Gasteiger partial charge in [0.1, 0.15) is 6.04 Å². The predicted octanol–water partition coefficient (Wildman–Crippen LogP) is 1.40. The van der Waals surface area contributed by atoms with Gasteiger partial charge in [-0.2, -0.15) is 0 Å². The normalized spacial score (nSPS) is 23.2. The first kappa shape index (κ1) is 14.0. The molecule has 0 aliphatic carbocycles. The fourth-order valence-electron chi connectivity index (χ4n) is 2.33. The van der Waals surface area contributed by atoms with Crippen molar-refractivity contribution >= 4 is 11.8 Å². The Morgan fingerprint density at radius 3 is 2.29 bits per heavy atom. The van der Waals surface area contributed by atoms with Crippen molar-refractivity contribution in [1.82, 2.24) is 10.2 Å². The summed E-state index contributed by atoms with van der Waals surface area (Å²) in [7, 11) is 0. The van der Waals surface area contributed by atoms with E-state index in [0.29, 0.717) is 5.92 Å². The maximum Gasteiger partial charge on any atom is 0.246 e. The highest BCUT2D eigenvalue weighted by Gasteiger charge is 2.36. The lowest BCUT2D eigenvalue weighted by molar-refractivity contribution is -0.147. The summed E-state index contributed by atoms with van der Waals surface area (Å²) in [5, 5.41) is 2.77. The van der Waals surface area contributed by atoms with Gasteiger partial charge in [0.05, 0.1) is 6.54 Å². The van der Waals surface area contributed by atoms with Crippen molar-refractivity contribution in [3.63, 3.8) is 0 Å². The van der Waals surface area contributed by atoms with Gasteiger partial charge in [0.2, 0.25) is 11.8 Å². The number of carbonyl (C=O) groups is 2. The van der Waals surface area contributed by atoms with Crippen LogP contribution in [0.3, 0.4) is 0 Å². The Hall–Kier alpha value is -1.06. The Bertz CT molecular complexity index is 300. The van der Waals surface area contributed by atoms with Crippen molar-refractivity contribution in [2.45, 2.75) is 53.1 Å². The molecule has 0 aromatic rings. The molecule has 17 heavy (non-hydrogen) atoms. The van der Waals surface area contributed by atoms with E-state index < -0.39 is 0 Å². The van der Waals surface area contributed by atoms with Crippen molar-refractivity contribution in [1.29, 1.82) is 0 Å². The van der Waals surface area contributed by atoms with Gasteiger partial charge in [0.15, 0.2) is 0 Å². The molecule has 0 saturated carbocycles. The number of hydrogen-bond donors (Lipinski definition) is 1. The van der Waals surface area contributed by atoms with Crippen LogP contribution < -0.4 is 5.32 Å². The monoisotopic (exact) mass is 240 g/mol. The Morgan fingerprint density at radius 2 is 1.82 bits per heavy atom. The van der Waals surface area contributed by atoms with E-state index in [0.717, 1.165) is 6.42 Å². The number of nitrogens with zero attached hydrogens (tertiary/aromatic N) is 1. The van der Waals surface area contributed by atoms with Gasteiger partial charge >= 0.3 is 0 Å². The smallest absolute Gasteiger partial charge is 0.246 e. The number of rotatable bonds is 4. The van der Waals surface area contributed by atoms with E-state index in [2.05, 4.69) is 19.2 Å². The lowest BCUT2D eigenvalue weighted by Gasteiger charge is -2.38. The Balaban J connectivity index is 2.77. The van der Waals surface area contributed by atoms with E-state index in [9.17, 15) is 9.59 Å². The molecular formula is C13H24N2O2. The third-order valence-electron chi connectivity index (χ3n) is 3.19. The summed E-state index contributed by atoms with van der Waals surface area (Å²) in [6, 6.07) is -0.222. The van der Waals surface area contributed by atoms with Crippen molar-refractivity contribution in [2.75, 3.05) is 6.54 Å². The van der Waals surface area contributed by atoms with Crippen molar-refractivity contribution in [3.8, 4) is 0 Å². The van der Waals surface area contributed by atoms with Gasteiger partial charge in [0.25, 0.3) is 0 Å². The number of hydrogen-bond acceptors (Lipinski definition) is 2. The summed E-state index contributed by atoms with van der Waals surface area (Å²) in [5.74, 6) is 0.687. The molecule has 1 rings (SSSR count). The minimum Gasteiger partial charge on any atom is -0.343 e. The summed E-state index contributed by atoms with van der Waals surface area (Å²) >= 11 is 0. The maximum atomic E-state index is 12.2. The van der Waals surface area contributed by atoms with E-state index in [-0.39, 0.29) is 36.4 Å². The van der Waals surface area contributed by atoms with E-state index in [1.807, 2.05) is 20.8 Å². The van der Waals surface area contributed by atoms with Crippen molar-refractivity contribution in [3.05, 3.63) is 0 Å². The quantitative estimate of drug-likeness (QED) is 0.807. The standard InChI is InChI=1S/C13H24N2O2/c1-8(2)6-10(5)15-7-11(16)14-12(9(3)4)13(15)17/h8-10,12H,6-7H2,1-5H3,(H,14,16). The van der Waals surface area contributed by atoms with Crippen molar-refractivity contribution < 1.29 is 9.59 Å². The average molecular weight is 240 g/mol. The van der Waals surface area contributed by atoms with Crippen LogP contribution in [-0.4, -0.2) is 35.3 Å². The first-order valence-electron chi connectivity index (χ1n) is 6.42. The van der Waals surface area contributed by atoms with Crippen LogP contribution in [0.15, 0.2) is 0 Å². The molecule has 0 bridgehead atoms. The summed E-state index contributed by atoms with van der Waals surface area (Å²) < 4.78 is 0. The number of carbonyl (C=O) groups excluding carboxylic acids is 2. The highest BCUT2D eigenvalue weighted by Crippen LogP contribution is 2.17. The Morgan fingerprint density at radius 1 is 1.24 bits per heavy atom. The van der Waals surface area contributed by atoms with Crippen LogP contribution in [0.25, 0.3) is 0 Å². The molecule has 2 unspecified atom stereocenters. The van der Waals surface area contributed by atoms with Crippen LogP contribution in [0.2, 0.25) is 0 Å². The molecule has 1 aliphatic heterocycles. The average Bonchev–Trinajstić information content (AvgIpc) is 2.19. The van der Waals surface area contributed by atoms with Gasteiger partial charge in [-0.05, 0) is 25.2 Å². The minimum atomic E-state index is -0.356. The molecule has 2 amide bonds. The molecule has 4 nitrogen and oxygen atoms in total. The lowest BCUT2D eigenvalue weighted by Crippen LogP contribution is -2.61. The molecular weight excluding hydrogens is 216 g/mol. The number of nitrogens with one attached hydrogen (secondary N) is 1. The second-order valence-corrected chi connectivity index (χ2v) is 5.73. The van der Waals surface area contributed by atoms with E-state index in [1.54, 1.807) is 4.90 Å². The number of piperazine rings is 1. The third-order valence-corrected chi connectivity index (χ3v) is 3.19. The Kier molecular flexibility index (Phi) is 4.54. The van der Waals surface area contributed by atoms with Crippen LogP contribution >= 0.6 is 0 Å². The summed E-state index contributed by atoms with van der Waals surface area (Å²) in [6.45, 7) is 10.4. The molecule has 1 saturated heterocycles. The second kappa shape index (κ2) is 5.52. The van der Waals surface area contributed by atoms with Gasteiger partial charge in [-0.3, -0.25) is 9.59 Å². The molecule has 0 aromatic heterocycles. The Labute approximate surface area is 104 Å². The molecule has 2 atom stereocenters. The second-order valence-electron chi connectivity index (χ2n) is 5.73. The minimum absolute atomic E-state index is 0.0427. The zero-order valence-electron chi connectivity index (χ0n) is 11.5. The lowest BCUT2D eigenvalue weighted by atomic mass is 9.97. The molecule has 1 aliphatic rings. The summed E-state index contributed by atoms with van der Waals surface area (Å²) in [6.07, 6.45) is 0.934. The number of amides is 2. The highest BCUT2D eigenvalue weighted by atomic mass is 16.2. The third kappa shape index (κ3) is 3.45. The first-order chi connectivity index (χ1) is 7.82. The van der Waals surface area contributed by atoms with Gasteiger partial charge in [-0.1, -0.05) is 27.7 Å². The molecule has 4 heteroatoms. The summed E-state index contributed by atoms with van der Waals surface area (Å²) in [4.78, 5) is 25.6. The fourth-order valence-corrected chi connectivity index (χ4v) is 2.33. The molecule has 98 valence electrons. The first-order valence-corrected chi connectivity index (χ1v) is 6.42. The van der Waals surface area contributed by atoms with Crippen LogP contribution in [-0.2, 0) is 9.59 Å². The van der Waals surface area contributed by atoms with Crippen LogP contribution in [0.1, 0.15) is 41.0 Å². The van der Waals surface area contributed by atoms with E-state index in [1.165, 1.54) is 0 Å². The predicted molar refractivity (Wildman–Crippen MR) is 67.4 cm³/mol. The largest absolute Gasteiger partial charge is 0.343 e. The molecule has 1 heterocycles. The topological polar surface area (TPSA) is 49.4 Å². The molecule has 0 spiro atoms. The van der Waals surface area contributed by atoms with Crippen LogP contribution in [0.5, 0.6) is 0 Å². The van der Waals surface area contributed by atoms with E-state index >= 15 is 0 Å². The van der Waals surface area contributed by atoms with Gasteiger partial charge in [-0.15, -0.1) is 0 Å². The summed E-state index contributed by atoms with van der Waals surface area (Å²) in [5.41, 5.74) is 0. The van der Waals surface area contributed by atoms with E-state index in [4.69, 9.17) is 0 Å². The maximum absolute atomic E-state index is 12.2. The molecule has 1 fully saturated rings. The molecule has 0 aromatic carbocycles. The molecule has 1 N–H and O–H groups in total. The zero-order valence-corrected chi connectivity index (χ0v) is 11.5. The van der Waals surface area contributed by atoms with Gasteiger partial charge in [0, 0.05) is 6.04 Å². The van der Waals surface area contributed by atoms with Crippen molar-refractivity contribution in [2.24, 2.45) is 11.8 Å². The van der Waals surface area contributed by atoms with Gasteiger partial charge in [-0.25, -0.2) is 0 Å². The van der Waals surface area contributed by atoms with Crippen LogP contribution in [0.4, 0.5) is 0 Å². The molecule has 0 radical (unpaired) electrons.